The Morgan fingerprint density at radius 2 is 1.96 bits per heavy atom. The first-order chi connectivity index (χ1) is 13.7. The molecule has 0 bridgehead atoms. The Hall–Kier alpha value is -3.50. The summed E-state index contributed by atoms with van der Waals surface area (Å²) in [6, 6.07) is 13.7. The van der Waals surface area contributed by atoms with E-state index in [0.717, 1.165) is 25.0 Å². The number of hydrogen-bond donors (Lipinski definition) is 2. The van der Waals surface area contributed by atoms with E-state index in [9.17, 15) is 5.26 Å². The predicted molar refractivity (Wildman–Crippen MR) is 107 cm³/mol. The van der Waals surface area contributed by atoms with Gasteiger partial charge >= 0.3 is 0 Å². The number of anilines is 2. The highest BCUT2D eigenvalue weighted by Gasteiger charge is 2.16. The molecular weight excluding hydrogens is 352 g/mol. The Labute approximate surface area is 163 Å². The number of benzene rings is 1. The molecule has 0 aliphatic carbocycles. The van der Waals surface area contributed by atoms with Gasteiger partial charge in [-0.05, 0) is 18.9 Å². The number of nitrogens with two attached hydrogens (primary N) is 1. The number of nitrogens with one attached hydrogen (secondary N) is 1. The van der Waals surface area contributed by atoms with E-state index in [1.807, 2.05) is 36.4 Å². The van der Waals surface area contributed by atoms with Gasteiger partial charge in [0, 0.05) is 42.2 Å². The Bertz CT molecular complexity index is 992. The molecule has 1 saturated heterocycles. The van der Waals surface area contributed by atoms with Gasteiger partial charge in [0.1, 0.15) is 17.5 Å². The van der Waals surface area contributed by atoms with Crippen molar-refractivity contribution in [3.63, 3.8) is 0 Å². The molecule has 140 valence electrons. The van der Waals surface area contributed by atoms with Crippen LogP contribution in [0.25, 0.3) is 22.4 Å². The molecule has 1 aliphatic heterocycles. The van der Waals surface area contributed by atoms with E-state index in [4.69, 9.17) is 10.5 Å². The quantitative estimate of drug-likeness (QED) is 0.707. The van der Waals surface area contributed by atoms with Crippen LogP contribution in [0.4, 0.5) is 11.8 Å². The fourth-order valence-electron chi connectivity index (χ4n) is 3.24. The lowest BCUT2D eigenvalue weighted by atomic mass is 10.0. The van der Waals surface area contributed by atoms with Crippen molar-refractivity contribution in [3.8, 4) is 28.5 Å². The number of nitrogens with zero attached hydrogens (tertiary/aromatic N) is 4. The van der Waals surface area contributed by atoms with E-state index in [0.29, 0.717) is 34.9 Å². The molecule has 3 heterocycles. The van der Waals surface area contributed by atoms with Gasteiger partial charge < -0.3 is 15.8 Å². The Balaban J connectivity index is 1.62. The van der Waals surface area contributed by atoms with Crippen molar-refractivity contribution in [2.75, 3.05) is 24.2 Å². The van der Waals surface area contributed by atoms with Crippen molar-refractivity contribution in [1.29, 1.82) is 5.26 Å². The van der Waals surface area contributed by atoms with Gasteiger partial charge in [0.05, 0.1) is 11.8 Å². The molecule has 3 aromatic rings. The minimum absolute atomic E-state index is 0.194. The molecule has 0 saturated carbocycles. The smallest absolute Gasteiger partial charge is 0.222 e. The number of pyridine rings is 1. The second-order valence-electron chi connectivity index (χ2n) is 6.60. The summed E-state index contributed by atoms with van der Waals surface area (Å²) in [6.45, 7) is 1.50. The summed E-state index contributed by atoms with van der Waals surface area (Å²) in [4.78, 5) is 13.1. The molecule has 7 nitrogen and oxygen atoms in total. The van der Waals surface area contributed by atoms with Crippen LogP contribution < -0.4 is 11.1 Å². The summed E-state index contributed by atoms with van der Waals surface area (Å²) in [6.07, 6.45) is 5.73. The minimum atomic E-state index is 0.194. The molecular formula is C21H20N6O. The van der Waals surface area contributed by atoms with Crippen LogP contribution >= 0.6 is 0 Å². The van der Waals surface area contributed by atoms with Crippen LogP contribution in [0.1, 0.15) is 18.4 Å². The number of nitrogen functional groups attached to an aromatic ring is 1. The second-order valence-corrected chi connectivity index (χ2v) is 6.60. The maximum atomic E-state index is 9.55. The lowest BCUT2D eigenvalue weighted by molar-refractivity contribution is 0.120. The third kappa shape index (κ3) is 3.77. The molecule has 3 N–H and O–H groups in total. The molecule has 1 aromatic carbocycles. The van der Waals surface area contributed by atoms with Crippen molar-refractivity contribution in [2.45, 2.75) is 18.9 Å². The van der Waals surface area contributed by atoms with Crippen LogP contribution in [0.3, 0.4) is 0 Å². The van der Waals surface area contributed by atoms with Gasteiger partial charge in [-0.3, -0.25) is 0 Å². The molecule has 1 atom stereocenters. The standard InChI is InChI=1S/C21H20N6O/c22-10-18-17(9-19(27-20(18)23)14-5-2-1-3-6-14)15-11-24-21(25-12-15)26-13-16-7-4-8-28-16/h1-3,5-6,9,11-12,16H,4,7-8,13H2,(H2,23,27)(H,24,25,26)/t16-/m1/s1. The number of hydrogen-bond acceptors (Lipinski definition) is 7. The van der Waals surface area contributed by atoms with Crippen molar-refractivity contribution in [2.24, 2.45) is 0 Å². The van der Waals surface area contributed by atoms with Gasteiger partial charge in [0.2, 0.25) is 5.95 Å². The van der Waals surface area contributed by atoms with Gasteiger partial charge in [-0.1, -0.05) is 30.3 Å². The first-order valence-electron chi connectivity index (χ1n) is 9.18. The highest BCUT2D eigenvalue weighted by atomic mass is 16.5. The van der Waals surface area contributed by atoms with Crippen LogP contribution in [0, 0.1) is 11.3 Å². The zero-order valence-electron chi connectivity index (χ0n) is 15.3. The monoisotopic (exact) mass is 372 g/mol. The lowest BCUT2D eigenvalue weighted by Gasteiger charge is -2.12. The third-order valence-corrected chi connectivity index (χ3v) is 4.70. The van der Waals surface area contributed by atoms with E-state index < -0.39 is 0 Å². The number of rotatable bonds is 5. The van der Waals surface area contributed by atoms with Gasteiger partial charge in [-0.25, -0.2) is 15.0 Å². The van der Waals surface area contributed by atoms with Crippen LogP contribution in [-0.4, -0.2) is 34.2 Å². The summed E-state index contributed by atoms with van der Waals surface area (Å²) in [5.41, 5.74) is 9.38. The molecule has 4 rings (SSSR count). The molecule has 28 heavy (non-hydrogen) atoms. The van der Waals surface area contributed by atoms with E-state index in [1.54, 1.807) is 12.4 Å². The van der Waals surface area contributed by atoms with Crippen molar-refractivity contribution >= 4 is 11.8 Å². The Kier molecular flexibility index (Phi) is 5.13. The van der Waals surface area contributed by atoms with E-state index in [2.05, 4.69) is 26.3 Å². The van der Waals surface area contributed by atoms with Crippen molar-refractivity contribution in [3.05, 3.63) is 54.4 Å². The largest absolute Gasteiger partial charge is 0.383 e. The number of aromatic nitrogens is 3. The Morgan fingerprint density at radius 3 is 2.64 bits per heavy atom. The van der Waals surface area contributed by atoms with Crippen LogP contribution in [0.5, 0.6) is 0 Å². The summed E-state index contributed by atoms with van der Waals surface area (Å²) in [7, 11) is 0. The maximum Gasteiger partial charge on any atom is 0.222 e. The van der Waals surface area contributed by atoms with E-state index >= 15 is 0 Å². The molecule has 0 spiro atoms. The van der Waals surface area contributed by atoms with E-state index in [-0.39, 0.29) is 11.9 Å². The topological polar surface area (TPSA) is 110 Å². The molecule has 0 amide bonds. The van der Waals surface area contributed by atoms with Crippen LogP contribution in [0.15, 0.2) is 48.8 Å². The van der Waals surface area contributed by atoms with Crippen LogP contribution in [-0.2, 0) is 4.74 Å². The average Bonchev–Trinajstić information content (AvgIpc) is 3.26. The third-order valence-electron chi connectivity index (χ3n) is 4.70. The zero-order chi connectivity index (χ0) is 19.3. The molecule has 1 fully saturated rings. The zero-order valence-corrected chi connectivity index (χ0v) is 15.3. The first kappa shape index (κ1) is 17.9. The van der Waals surface area contributed by atoms with Gasteiger partial charge in [0.25, 0.3) is 0 Å². The summed E-state index contributed by atoms with van der Waals surface area (Å²) in [5.74, 6) is 0.725. The SMILES string of the molecule is N#Cc1c(-c2cnc(NC[C@H]3CCCO3)nc2)cc(-c2ccccc2)nc1N. The minimum Gasteiger partial charge on any atom is -0.383 e. The summed E-state index contributed by atoms with van der Waals surface area (Å²) in [5, 5.41) is 12.7. The lowest BCUT2D eigenvalue weighted by Crippen LogP contribution is -2.19. The Morgan fingerprint density at radius 1 is 1.18 bits per heavy atom. The highest BCUT2D eigenvalue weighted by Crippen LogP contribution is 2.30. The van der Waals surface area contributed by atoms with Crippen molar-refractivity contribution in [1.82, 2.24) is 15.0 Å². The predicted octanol–water partition coefficient (Wildman–Crippen LogP) is 3.25. The fraction of sp³-hybridized carbons (Fsp3) is 0.238. The van der Waals surface area contributed by atoms with Crippen molar-refractivity contribution < 1.29 is 4.74 Å². The van der Waals surface area contributed by atoms with Gasteiger partial charge in [0.15, 0.2) is 0 Å². The highest BCUT2D eigenvalue weighted by molar-refractivity contribution is 5.79. The molecule has 2 aromatic heterocycles. The molecule has 1 aliphatic rings. The van der Waals surface area contributed by atoms with Gasteiger partial charge in [-0.2, -0.15) is 5.26 Å². The number of ether oxygens (including phenoxy) is 1. The molecule has 0 radical (unpaired) electrons. The number of nitriles is 1. The second kappa shape index (κ2) is 8.03. The summed E-state index contributed by atoms with van der Waals surface area (Å²) < 4.78 is 5.59. The van der Waals surface area contributed by atoms with Gasteiger partial charge in [-0.15, -0.1) is 0 Å². The summed E-state index contributed by atoms with van der Waals surface area (Å²) >= 11 is 0. The maximum absolute atomic E-state index is 9.55. The first-order valence-corrected chi connectivity index (χ1v) is 9.18. The normalized spacial score (nSPS) is 15.9. The molecule has 0 unspecified atom stereocenters. The fourth-order valence-corrected chi connectivity index (χ4v) is 3.24. The average molecular weight is 372 g/mol. The molecule has 7 heteroatoms. The van der Waals surface area contributed by atoms with E-state index in [1.165, 1.54) is 0 Å². The van der Waals surface area contributed by atoms with Crippen LogP contribution in [0.2, 0.25) is 0 Å².